The predicted octanol–water partition coefficient (Wildman–Crippen LogP) is 1.20. The largest absolute Gasteiger partial charge is 0.489 e. The zero-order chi connectivity index (χ0) is 17.6. The Bertz CT molecular complexity index is 778. The Hall–Kier alpha value is -3.42. The van der Waals surface area contributed by atoms with Crippen LogP contribution in [0.3, 0.4) is 0 Å². The van der Waals surface area contributed by atoms with E-state index in [0.29, 0.717) is 18.0 Å². The van der Waals surface area contributed by atoms with E-state index >= 15 is 0 Å². The standard InChI is InChI=1S/C17H16N4O4/c22-15-8-14(20-17(24)21-15)16(23)19-12-4-1-5-13(7-12)25-10-11-3-2-6-18-9-11/h1-7,9,14H,8,10H2,(H,19,23)(H2,20,21,22,24)/t14-/m0/s1. The van der Waals surface area contributed by atoms with Gasteiger partial charge in [-0.15, -0.1) is 0 Å². The maximum absolute atomic E-state index is 12.2. The Morgan fingerprint density at radius 3 is 2.92 bits per heavy atom. The molecule has 1 aromatic carbocycles. The summed E-state index contributed by atoms with van der Waals surface area (Å²) < 4.78 is 5.67. The van der Waals surface area contributed by atoms with Crippen LogP contribution in [-0.2, 0) is 16.2 Å². The van der Waals surface area contributed by atoms with Gasteiger partial charge in [0.2, 0.25) is 11.8 Å². The summed E-state index contributed by atoms with van der Waals surface area (Å²) in [6.45, 7) is 0.351. The molecule has 25 heavy (non-hydrogen) atoms. The third-order valence-electron chi connectivity index (χ3n) is 3.49. The monoisotopic (exact) mass is 340 g/mol. The number of pyridine rings is 1. The van der Waals surface area contributed by atoms with Gasteiger partial charge in [0.15, 0.2) is 0 Å². The fraction of sp³-hybridized carbons (Fsp3) is 0.176. The maximum atomic E-state index is 12.2. The van der Waals surface area contributed by atoms with Crippen molar-refractivity contribution in [3.63, 3.8) is 0 Å². The second-order valence-electron chi connectivity index (χ2n) is 5.45. The molecule has 4 amide bonds. The molecule has 1 atom stereocenters. The smallest absolute Gasteiger partial charge is 0.322 e. The van der Waals surface area contributed by atoms with Crippen molar-refractivity contribution in [1.29, 1.82) is 0 Å². The summed E-state index contributed by atoms with van der Waals surface area (Å²) in [6, 6.07) is 9.01. The molecule has 1 aliphatic heterocycles. The van der Waals surface area contributed by atoms with E-state index in [-0.39, 0.29) is 6.42 Å². The fourth-order valence-corrected chi connectivity index (χ4v) is 2.31. The van der Waals surface area contributed by atoms with Crippen LogP contribution in [0.5, 0.6) is 5.75 Å². The lowest BCUT2D eigenvalue weighted by Gasteiger charge is -2.22. The van der Waals surface area contributed by atoms with Crippen molar-refractivity contribution in [1.82, 2.24) is 15.6 Å². The molecule has 128 valence electrons. The highest BCUT2D eigenvalue weighted by molar-refractivity contribution is 6.05. The van der Waals surface area contributed by atoms with Gasteiger partial charge in [-0.25, -0.2) is 4.79 Å². The molecule has 0 radical (unpaired) electrons. The van der Waals surface area contributed by atoms with E-state index in [1.807, 2.05) is 12.1 Å². The summed E-state index contributed by atoms with van der Waals surface area (Å²) >= 11 is 0. The highest BCUT2D eigenvalue weighted by Gasteiger charge is 2.29. The van der Waals surface area contributed by atoms with Crippen LogP contribution in [0.15, 0.2) is 48.8 Å². The van der Waals surface area contributed by atoms with Gasteiger partial charge in [0.25, 0.3) is 0 Å². The molecule has 1 aromatic heterocycles. The zero-order valence-corrected chi connectivity index (χ0v) is 13.2. The van der Waals surface area contributed by atoms with E-state index in [1.165, 1.54) is 0 Å². The molecule has 1 saturated heterocycles. The molecule has 0 unspecified atom stereocenters. The molecule has 1 fully saturated rings. The maximum Gasteiger partial charge on any atom is 0.322 e. The summed E-state index contributed by atoms with van der Waals surface area (Å²) in [5.74, 6) is -0.378. The van der Waals surface area contributed by atoms with Crippen LogP contribution in [0.2, 0.25) is 0 Å². The highest BCUT2D eigenvalue weighted by Crippen LogP contribution is 2.19. The first-order valence-corrected chi connectivity index (χ1v) is 7.63. The van der Waals surface area contributed by atoms with Crippen LogP contribution in [0, 0.1) is 0 Å². The van der Waals surface area contributed by atoms with Crippen molar-refractivity contribution >= 4 is 23.5 Å². The molecule has 0 saturated carbocycles. The van der Waals surface area contributed by atoms with Crippen molar-refractivity contribution in [3.05, 3.63) is 54.4 Å². The number of benzene rings is 1. The first kappa shape index (κ1) is 16.4. The number of ether oxygens (including phenoxy) is 1. The molecule has 8 nitrogen and oxygen atoms in total. The van der Waals surface area contributed by atoms with Gasteiger partial charge in [0.05, 0.1) is 6.42 Å². The number of rotatable bonds is 5. The van der Waals surface area contributed by atoms with Crippen LogP contribution in [0.4, 0.5) is 10.5 Å². The van der Waals surface area contributed by atoms with E-state index in [9.17, 15) is 14.4 Å². The average Bonchev–Trinajstić information content (AvgIpc) is 2.60. The van der Waals surface area contributed by atoms with Gasteiger partial charge < -0.3 is 15.4 Å². The average molecular weight is 340 g/mol. The van der Waals surface area contributed by atoms with Crippen LogP contribution >= 0.6 is 0 Å². The Balaban J connectivity index is 1.60. The number of anilines is 1. The van der Waals surface area contributed by atoms with Gasteiger partial charge in [-0.2, -0.15) is 0 Å². The molecule has 3 rings (SSSR count). The molecule has 2 aromatic rings. The number of hydrogen-bond donors (Lipinski definition) is 3. The molecular weight excluding hydrogens is 324 g/mol. The van der Waals surface area contributed by atoms with Crippen molar-refractivity contribution < 1.29 is 19.1 Å². The fourth-order valence-electron chi connectivity index (χ4n) is 2.31. The second-order valence-corrected chi connectivity index (χ2v) is 5.45. The van der Waals surface area contributed by atoms with Crippen molar-refractivity contribution in [2.45, 2.75) is 19.1 Å². The summed E-state index contributed by atoms with van der Waals surface area (Å²) in [7, 11) is 0. The minimum Gasteiger partial charge on any atom is -0.489 e. The number of amides is 4. The number of hydrogen-bond acceptors (Lipinski definition) is 5. The quantitative estimate of drug-likeness (QED) is 0.758. The van der Waals surface area contributed by atoms with Crippen molar-refractivity contribution in [3.8, 4) is 5.75 Å². The van der Waals surface area contributed by atoms with E-state index < -0.39 is 23.9 Å². The van der Waals surface area contributed by atoms with Crippen LogP contribution in [-0.4, -0.2) is 28.9 Å². The van der Waals surface area contributed by atoms with E-state index in [0.717, 1.165) is 5.56 Å². The molecule has 3 N–H and O–H groups in total. The summed E-state index contributed by atoms with van der Waals surface area (Å²) in [4.78, 5) is 38.8. The van der Waals surface area contributed by atoms with Gasteiger partial charge in [-0.1, -0.05) is 12.1 Å². The van der Waals surface area contributed by atoms with Crippen molar-refractivity contribution in [2.75, 3.05) is 5.32 Å². The Kier molecular flexibility index (Phi) is 4.89. The lowest BCUT2D eigenvalue weighted by Crippen LogP contribution is -2.56. The lowest BCUT2D eigenvalue weighted by atomic mass is 10.1. The Labute approximate surface area is 143 Å². The van der Waals surface area contributed by atoms with Gasteiger partial charge in [-0.05, 0) is 18.2 Å². The minimum absolute atomic E-state index is 0.102. The normalized spacial score (nSPS) is 16.6. The lowest BCUT2D eigenvalue weighted by molar-refractivity contribution is -0.126. The number of carbonyl (C=O) groups is 3. The number of imide groups is 1. The van der Waals surface area contributed by atoms with Crippen LogP contribution < -0.4 is 20.7 Å². The number of nitrogens with zero attached hydrogens (tertiary/aromatic N) is 1. The van der Waals surface area contributed by atoms with Crippen LogP contribution in [0.1, 0.15) is 12.0 Å². The van der Waals surface area contributed by atoms with E-state index in [1.54, 1.807) is 36.7 Å². The van der Waals surface area contributed by atoms with Gasteiger partial charge >= 0.3 is 6.03 Å². The molecule has 0 spiro atoms. The van der Waals surface area contributed by atoms with E-state index in [2.05, 4.69) is 20.9 Å². The Morgan fingerprint density at radius 1 is 1.28 bits per heavy atom. The molecule has 1 aliphatic rings. The SMILES string of the molecule is O=C1C[C@@H](C(=O)Nc2cccc(OCc3cccnc3)c2)NC(=O)N1. The minimum atomic E-state index is -0.902. The first-order valence-electron chi connectivity index (χ1n) is 7.63. The summed E-state index contributed by atoms with van der Waals surface area (Å²) in [5.41, 5.74) is 1.43. The van der Waals surface area contributed by atoms with E-state index in [4.69, 9.17) is 4.74 Å². The topological polar surface area (TPSA) is 109 Å². The van der Waals surface area contributed by atoms with Crippen molar-refractivity contribution in [2.24, 2.45) is 0 Å². The second kappa shape index (κ2) is 7.43. The summed E-state index contributed by atoms with van der Waals surface area (Å²) in [5, 5.41) is 7.15. The third kappa shape index (κ3) is 4.54. The summed E-state index contributed by atoms with van der Waals surface area (Å²) in [6.07, 6.45) is 3.29. The zero-order valence-electron chi connectivity index (χ0n) is 13.2. The van der Waals surface area contributed by atoms with Gasteiger partial charge in [0, 0.05) is 29.7 Å². The number of aromatic nitrogens is 1. The van der Waals surface area contributed by atoms with Gasteiger partial charge in [-0.3, -0.25) is 19.9 Å². The molecule has 0 aliphatic carbocycles. The number of carbonyl (C=O) groups excluding carboxylic acids is 3. The number of nitrogens with one attached hydrogen (secondary N) is 3. The third-order valence-corrected chi connectivity index (χ3v) is 3.49. The number of urea groups is 1. The molecular formula is C17H16N4O4. The van der Waals surface area contributed by atoms with Crippen LogP contribution in [0.25, 0.3) is 0 Å². The Morgan fingerprint density at radius 2 is 2.16 bits per heavy atom. The first-order chi connectivity index (χ1) is 12.1. The molecule has 2 heterocycles. The molecule has 8 heteroatoms. The van der Waals surface area contributed by atoms with Gasteiger partial charge in [0.1, 0.15) is 18.4 Å². The predicted molar refractivity (Wildman–Crippen MR) is 88.7 cm³/mol. The highest BCUT2D eigenvalue weighted by atomic mass is 16.5. The molecule has 0 bridgehead atoms.